The van der Waals surface area contributed by atoms with Crippen LogP contribution in [0.4, 0.5) is 0 Å². The fourth-order valence-corrected chi connectivity index (χ4v) is 6.70. The zero-order chi connectivity index (χ0) is 21.2. The smallest absolute Gasteiger partial charge is 0.0653 e. The van der Waals surface area contributed by atoms with Gasteiger partial charge in [0.2, 0.25) is 0 Å². The van der Waals surface area contributed by atoms with Crippen molar-refractivity contribution in [1.82, 2.24) is 0 Å². The topological polar surface area (TPSA) is 40.5 Å². The molecule has 0 aromatic rings. The minimum atomic E-state index is -0.554. The predicted octanol–water partition coefficient (Wildman–Crippen LogP) is 6.73. The van der Waals surface area contributed by atoms with Gasteiger partial charge >= 0.3 is 0 Å². The molecular formula is C27H44O2. The molecule has 3 aliphatic rings. The van der Waals surface area contributed by atoms with E-state index in [1.54, 1.807) is 5.57 Å². The molecule has 29 heavy (non-hydrogen) atoms. The average molecular weight is 401 g/mol. The summed E-state index contributed by atoms with van der Waals surface area (Å²) in [6.45, 7) is 13.3. The summed E-state index contributed by atoms with van der Waals surface area (Å²) in [7, 11) is 0. The van der Waals surface area contributed by atoms with E-state index in [2.05, 4.69) is 46.4 Å². The third-order valence-electron chi connectivity index (χ3n) is 8.37. The minimum Gasteiger partial charge on any atom is -0.393 e. The molecule has 3 saturated carbocycles. The van der Waals surface area contributed by atoms with Gasteiger partial charge in [0.1, 0.15) is 0 Å². The third kappa shape index (κ3) is 5.07. The zero-order valence-corrected chi connectivity index (χ0v) is 19.3. The van der Waals surface area contributed by atoms with Crippen molar-refractivity contribution < 1.29 is 10.2 Å². The van der Waals surface area contributed by atoms with Crippen molar-refractivity contribution in [2.45, 2.75) is 110 Å². The van der Waals surface area contributed by atoms with Crippen LogP contribution >= 0.6 is 0 Å². The molecule has 0 heterocycles. The van der Waals surface area contributed by atoms with Crippen molar-refractivity contribution in [3.63, 3.8) is 0 Å². The Hall–Kier alpha value is -0.860. The largest absolute Gasteiger partial charge is 0.393 e. The highest BCUT2D eigenvalue weighted by molar-refractivity contribution is 5.36. The van der Waals surface area contributed by atoms with E-state index in [-0.39, 0.29) is 11.5 Å². The zero-order valence-electron chi connectivity index (χ0n) is 19.3. The summed E-state index contributed by atoms with van der Waals surface area (Å²) in [6.07, 6.45) is 16.2. The molecule has 2 heteroatoms. The highest BCUT2D eigenvalue weighted by Crippen LogP contribution is 2.60. The maximum atomic E-state index is 11.4. The predicted molar refractivity (Wildman–Crippen MR) is 123 cm³/mol. The fraction of sp³-hybridized carbons (Fsp3) is 0.778. The monoisotopic (exact) mass is 400 g/mol. The van der Waals surface area contributed by atoms with Gasteiger partial charge in [-0.05, 0) is 93.5 Å². The number of rotatable bonds is 6. The number of allylic oxidation sites excluding steroid dienone is 4. The van der Waals surface area contributed by atoms with Crippen LogP contribution in [0.25, 0.3) is 0 Å². The lowest BCUT2D eigenvalue weighted by molar-refractivity contribution is -0.0657. The first-order valence-corrected chi connectivity index (χ1v) is 12.1. The number of fused-ring (bicyclic) bond motifs is 1. The number of hydrogen-bond acceptors (Lipinski definition) is 2. The van der Waals surface area contributed by atoms with E-state index in [0.29, 0.717) is 17.8 Å². The van der Waals surface area contributed by atoms with Crippen LogP contribution in [-0.4, -0.2) is 21.9 Å². The van der Waals surface area contributed by atoms with Crippen molar-refractivity contribution in [1.29, 1.82) is 0 Å². The molecule has 2 N–H and O–H groups in total. The van der Waals surface area contributed by atoms with E-state index in [1.807, 2.05) is 0 Å². The Labute approximate surface area is 179 Å². The van der Waals surface area contributed by atoms with Gasteiger partial charge in [0.25, 0.3) is 0 Å². The second-order valence-corrected chi connectivity index (χ2v) is 11.1. The molecule has 2 unspecified atom stereocenters. The lowest BCUT2D eigenvalue weighted by atomic mass is 9.59. The minimum absolute atomic E-state index is 0.210. The molecule has 0 bridgehead atoms. The van der Waals surface area contributed by atoms with Gasteiger partial charge in [0.15, 0.2) is 0 Å². The summed E-state index contributed by atoms with van der Waals surface area (Å²) in [5.74, 6) is 1.70. The van der Waals surface area contributed by atoms with E-state index < -0.39 is 5.60 Å². The molecule has 164 valence electrons. The Bertz CT molecular complexity index is 653. The van der Waals surface area contributed by atoms with Crippen molar-refractivity contribution in [3.8, 4) is 0 Å². The van der Waals surface area contributed by atoms with Gasteiger partial charge in [-0.2, -0.15) is 0 Å². The summed E-state index contributed by atoms with van der Waals surface area (Å²) in [6, 6.07) is 0. The highest BCUT2D eigenvalue weighted by Gasteiger charge is 2.54. The Kier molecular flexibility index (Phi) is 7.16. The number of hydrogen-bond donors (Lipinski definition) is 2. The first-order valence-electron chi connectivity index (χ1n) is 12.1. The van der Waals surface area contributed by atoms with Gasteiger partial charge in [-0.15, -0.1) is 0 Å². The van der Waals surface area contributed by atoms with Crippen LogP contribution in [-0.2, 0) is 0 Å². The van der Waals surface area contributed by atoms with Gasteiger partial charge in [0, 0.05) is 0 Å². The molecule has 3 rings (SSSR count). The molecule has 2 nitrogen and oxygen atoms in total. The maximum Gasteiger partial charge on any atom is 0.0653 e. The molecule has 0 spiro atoms. The van der Waals surface area contributed by atoms with Gasteiger partial charge < -0.3 is 10.2 Å². The van der Waals surface area contributed by atoms with Crippen LogP contribution in [0.3, 0.4) is 0 Å². The molecular weight excluding hydrogens is 356 g/mol. The van der Waals surface area contributed by atoms with Crippen molar-refractivity contribution in [2.24, 2.45) is 23.2 Å². The summed E-state index contributed by atoms with van der Waals surface area (Å²) < 4.78 is 0. The Balaban J connectivity index is 1.75. The standard InChI is InChI=1S/C27H44O2/c1-19(2)8-6-17-27(5,29)25-15-14-24-21(9-7-16-26(24,25)4)11-12-22-18-23(28)13-10-20(22)3/h11-12,19,23-25,28-29H,3,6-10,13-18H2,1-2,4-5H3/t23-,24?,25?,26-,27-/m0/s1. The van der Waals surface area contributed by atoms with Crippen molar-refractivity contribution >= 4 is 0 Å². The molecule has 3 aliphatic carbocycles. The van der Waals surface area contributed by atoms with E-state index in [9.17, 15) is 10.2 Å². The summed E-state index contributed by atoms with van der Waals surface area (Å²) >= 11 is 0. The molecule has 0 saturated heterocycles. The quantitative estimate of drug-likeness (QED) is 0.518. The third-order valence-corrected chi connectivity index (χ3v) is 8.37. The van der Waals surface area contributed by atoms with Crippen molar-refractivity contribution in [3.05, 3.63) is 35.5 Å². The highest BCUT2D eigenvalue weighted by atomic mass is 16.3. The Morgan fingerprint density at radius 2 is 1.97 bits per heavy atom. The molecule has 3 fully saturated rings. The summed E-state index contributed by atoms with van der Waals surface area (Å²) in [5.41, 5.74) is 3.66. The number of aliphatic hydroxyl groups is 2. The first-order chi connectivity index (χ1) is 13.6. The number of aliphatic hydroxyl groups excluding tert-OH is 1. The van der Waals surface area contributed by atoms with Gasteiger partial charge in [-0.1, -0.05) is 63.5 Å². The average Bonchev–Trinajstić information content (AvgIpc) is 3.00. The van der Waals surface area contributed by atoms with Crippen LogP contribution in [0.1, 0.15) is 98.3 Å². The van der Waals surface area contributed by atoms with Gasteiger partial charge in [0.05, 0.1) is 11.7 Å². The Morgan fingerprint density at radius 1 is 1.21 bits per heavy atom. The lowest BCUT2D eigenvalue weighted by Gasteiger charge is -2.47. The maximum absolute atomic E-state index is 11.4. The second kappa shape index (κ2) is 9.10. The van der Waals surface area contributed by atoms with Crippen LogP contribution in [0.5, 0.6) is 0 Å². The second-order valence-electron chi connectivity index (χ2n) is 11.1. The molecule has 0 aliphatic heterocycles. The van der Waals surface area contributed by atoms with Crippen LogP contribution < -0.4 is 0 Å². The van der Waals surface area contributed by atoms with Gasteiger partial charge in [-0.25, -0.2) is 0 Å². The normalized spacial score (nSPS) is 37.9. The van der Waals surface area contributed by atoms with Gasteiger partial charge in [-0.3, -0.25) is 0 Å². The van der Waals surface area contributed by atoms with Crippen LogP contribution in [0.15, 0.2) is 35.5 Å². The fourth-order valence-electron chi connectivity index (χ4n) is 6.70. The van der Waals surface area contributed by atoms with E-state index >= 15 is 0 Å². The van der Waals surface area contributed by atoms with Crippen LogP contribution in [0, 0.1) is 23.2 Å². The first kappa shape index (κ1) is 22.8. The van der Waals surface area contributed by atoms with E-state index in [1.165, 1.54) is 43.3 Å². The van der Waals surface area contributed by atoms with E-state index in [4.69, 9.17) is 0 Å². The molecule has 0 amide bonds. The lowest BCUT2D eigenvalue weighted by Crippen LogP contribution is -2.45. The van der Waals surface area contributed by atoms with Crippen LogP contribution in [0.2, 0.25) is 0 Å². The summed E-state index contributed by atoms with van der Waals surface area (Å²) in [5, 5.41) is 21.5. The summed E-state index contributed by atoms with van der Waals surface area (Å²) in [4.78, 5) is 0. The molecule has 5 atom stereocenters. The van der Waals surface area contributed by atoms with Crippen molar-refractivity contribution in [2.75, 3.05) is 0 Å². The Morgan fingerprint density at radius 3 is 2.69 bits per heavy atom. The molecule has 0 aromatic carbocycles. The molecule has 0 radical (unpaired) electrons. The SMILES string of the molecule is C=C1CC[C@H](O)CC1=CC=C1CCC[C@@]2(C)C1CCC2[C@@](C)(O)CCCC(C)C. The van der Waals surface area contributed by atoms with E-state index in [0.717, 1.165) is 38.5 Å². The molecule has 0 aromatic heterocycles.